The molecular formula is C18H25F3IN5OS. The summed E-state index contributed by atoms with van der Waals surface area (Å²) in [4.78, 5) is 9.78. The Hall–Kier alpha value is -1.60. The van der Waals surface area contributed by atoms with E-state index >= 15 is 0 Å². The Labute approximate surface area is 189 Å². The fourth-order valence-electron chi connectivity index (χ4n) is 2.61. The molecule has 0 saturated heterocycles. The van der Waals surface area contributed by atoms with Crippen LogP contribution in [0.2, 0.25) is 0 Å². The van der Waals surface area contributed by atoms with Crippen molar-refractivity contribution in [2.75, 3.05) is 34.8 Å². The fourth-order valence-corrected chi connectivity index (χ4v) is 3.35. The molecule has 0 aliphatic heterocycles. The molecule has 29 heavy (non-hydrogen) atoms. The number of guanidine groups is 1. The van der Waals surface area contributed by atoms with Crippen molar-refractivity contribution in [1.82, 2.24) is 20.5 Å². The monoisotopic (exact) mass is 543 g/mol. The van der Waals surface area contributed by atoms with Crippen LogP contribution in [0.4, 0.5) is 13.2 Å². The predicted octanol–water partition coefficient (Wildman–Crippen LogP) is 3.76. The van der Waals surface area contributed by atoms with E-state index in [1.807, 2.05) is 38.4 Å². The van der Waals surface area contributed by atoms with Gasteiger partial charge in [0.25, 0.3) is 0 Å². The molecule has 2 rings (SSSR count). The zero-order valence-corrected chi connectivity index (χ0v) is 19.7. The summed E-state index contributed by atoms with van der Waals surface area (Å²) in [6.45, 7) is 0.681. The third-order valence-corrected chi connectivity index (χ3v) is 4.91. The van der Waals surface area contributed by atoms with Crippen molar-refractivity contribution in [2.24, 2.45) is 4.99 Å². The number of benzene rings is 1. The fraction of sp³-hybridized carbons (Fsp3) is 0.444. The van der Waals surface area contributed by atoms with Gasteiger partial charge in [-0.2, -0.15) is 13.2 Å². The molecule has 6 nitrogen and oxygen atoms in total. The average molecular weight is 543 g/mol. The first-order valence-electron chi connectivity index (χ1n) is 8.51. The van der Waals surface area contributed by atoms with Crippen LogP contribution < -0.4 is 15.4 Å². The molecule has 2 N–H and O–H groups in total. The summed E-state index contributed by atoms with van der Waals surface area (Å²) in [6.07, 6.45) is -4.43. The standard InChI is InChI=1S/C18H24F3N5OS.HI/c1-22-17(24-10-16-25-15(11-28-16)18(19,20)21)23-9-13(26(2)3)12-7-5-6-8-14(12)27-4;/h5-8,11,13H,9-10H2,1-4H3,(H2,22,23,24);1H. The van der Waals surface area contributed by atoms with Gasteiger partial charge in [-0.3, -0.25) is 4.99 Å². The predicted molar refractivity (Wildman–Crippen MR) is 120 cm³/mol. The second kappa shape index (κ2) is 11.6. The van der Waals surface area contributed by atoms with E-state index in [1.54, 1.807) is 14.2 Å². The lowest BCUT2D eigenvalue weighted by atomic mass is 10.0. The van der Waals surface area contributed by atoms with Crippen LogP contribution in [0.25, 0.3) is 0 Å². The quantitative estimate of drug-likeness (QED) is 0.317. The summed E-state index contributed by atoms with van der Waals surface area (Å²) >= 11 is 0.959. The highest BCUT2D eigenvalue weighted by molar-refractivity contribution is 14.0. The Morgan fingerprint density at radius 2 is 1.97 bits per heavy atom. The molecule has 2 aromatic rings. The van der Waals surface area contributed by atoms with Crippen molar-refractivity contribution in [3.8, 4) is 5.75 Å². The maximum atomic E-state index is 12.6. The summed E-state index contributed by atoms with van der Waals surface area (Å²) in [6, 6.07) is 7.76. The summed E-state index contributed by atoms with van der Waals surface area (Å²) < 4.78 is 43.4. The summed E-state index contributed by atoms with van der Waals surface area (Å²) in [7, 11) is 7.15. The van der Waals surface area contributed by atoms with E-state index in [1.165, 1.54) is 0 Å². The number of rotatable bonds is 7. The summed E-state index contributed by atoms with van der Waals surface area (Å²) in [5.41, 5.74) is 0.147. The lowest BCUT2D eigenvalue weighted by Crippen LogP contribution is -2.41. The van der Waals surface area contributed by atoms with Crippen LogP contribution in [0, 0.1) is 0 Å². The summed E-state index contributed by atoms with van der Waals surface area (Å²) in [5, 5.41) is 7.55. The second-order valence-corrected chi connectivity index (χ2v) is 7.09. The molecule has 0 amide bonds. The van der Waals surface area contributed by atoms with Crippen LogP contribution in [0.15, 0.2) is 34.6 Å². The first kappa shape index (κ1) is 25.4. The van der Waals surface area contributed by atoms with E-state index in [0.717, 1.165) is 28.0 Å². The number of para-hydroxylation sites is 1. The van der Waals surface area contributed by atoms with E-state index < -0.39 is 11.9 Å². The molecule has 1 unspecified atom stereocenters. The number of nitrogens with one attached hydrogen (secondary N) is 2. The number of ether oxygens (including phenoxy) is 1. The molecule has 1 aromatic carbocycles. The molecule has 0 radical (unpaired) electrons. The van der Waals surface area contributed by atoms with Crippen LogP contribution in [-0.4, -0.2) is 50.6 Å². The number of alkyl halides is 3. The smallest absolute Gasteiger partial charge is 0.434 e. The van der Waals surface area contributed by atoms with Crippen LogP contribution in [0.1, 0.15) is 22.3 Å². The minimum atomic E-state index is -4.43. The Bertz CT molecular complexity index is 798. The van der Waals surface area contributed by atoms with Gasteiger partial charge in [0, 0.05) is 24.5 Å². The van der Waals surface area contributed by atoms with Crippen molar-refractivity contribution in [3.05, 3.63) is 45.9 Å². The van der Waals surface area contributed by atoms with Gasteiger partial charge in [-0.25, -0.2) is 4.98 Å². The number of hydrogen-bond donors (Lipinski definition) is 2. The largest absolute Gasteiger partial charge is 0.496 e. The van der Waals surface area contributed by atoms with Crippen LogP contribution in [0.3, 0.4) is 0 Å². The first-order valence-corrected chi connectivity index (χ1v) is 9.39. The van der Waals surface area contributed by atoms with E-state index in [0.29, 0.717) is 17.5 Å². The number of thiazole rings is 1. The molecular weight excluding hydrogens is 518 g/mol. The Morgan fingerprint density at radius 3 is 2.52 bits per heavy atom. The molecule has 1 heterocycles. The molecule has 0 aliphatic carbocycles. The van der Waals surface area contributed by atoms with Crippen molar-refractivity contribution in [3.63, 3.8) is 0 Å². The molecule has 0 fully saturated rings. The van der Waals surface area contributed by atoms with Crippen molar-refractivity contribution < 1.29 is 17.9 Å². The molecule has 0 aliphatic rings. The molecule has 11 heteroatoms. The summed E-state index contributed by atoms with van der Waals surface area (Å²) in [5.74, 6) is 1.26. The van der Waals surface area contributed by atoms with Crippen molar-refractivity contribution in [2.45, 2.75) is 18.8 Å². The van der Waals surface area contributed by atoms with E-state index in [9.17, 15) is 13.2 Å². The lowest BCUT2D eigenvalue weighted by molar-refractivity contribution is -0.140. The van der Waals surface area contributed by atoms with Crippen molar-refractivity contribution >= 4 is 41.3 Å². The number of aliphatic imine (C=N–C) groups is 1. The van der Waals surface area contributed by atoms with Crippen LogP contribution >= 0.6 is 35.3 Å². The van der Waals surface area contributed by atoms with Crippen LogP contribution in [0.5, 0.6) is 5.75 Å². The third-order valence-electron chi connectivity index (χ3n) is 4.06. The first-order chi connectivity index (χ1) is 13.3. The van der Waals surface area contributed by atoms with Crippen LogP contribution in [-0.2, 0) is 12.7 Å². The molecule has 0 spiro atoms. The zero-order chi connectivity index (χ0) is 20.7. The lowest BCUT2D eigenvalue weighted by Gasteiger charge is -2.27. The molecule has 162 valence electrons. The maximum absolute atomic E-state index is 12.6. The van der Waals surface area contributed by atoms with Gasteiger partial charge in [-0.05, 0) is 20.2 Å². The number of hydrogen-bond acceptors (Lipinski definition) is 5. The number of methoxy groups -OCH3 is 1. The van der Waals surface area contributed by atoms with Gasteiger partial charge in [0.15, 0.2) is 11.7 Å². The highest BCUT2D eigenvalue weighted by Crippen LogP contribution is 2.30. The van der Waals surface area contributed by atoms with Gasteiger partial charge in [0.05, 0.1) is 19.7 Å². The Balaban J connectivity index is 0.00000420. The van der Waals surface area contributed by atoms with Gasteiger partial charge in [0.2, 0.25) is 0 Å². The minimum absolute atomic E-state index is 0. The van der Waals surface area contributed by atoms with E-state index in [4.69, 9.17) is 4.74 Å². The Morgan fingerprint density at radius 1 is 1.28 bits per heavy atom. The van der Waals surface area contributed by atoms with E-state index in [-0.39, 0.29) is 36.6 Å². The minimum Gasteiger partial charge on any atom is -0.496 e. The molecule has 1 atom stereocenters. The second-order valence-electron chi connectivity index (χ2n) is 6.15. The van der Waals surface area contributed by atoms with Gasteiger partial charge in [-0.15, -0.1) is 35.3 Å². The normalized spacial score (nSPS) is 13.0. The highest BCUT2D eigenvalue weighted by Gasteiger charge is 2.33. The number of aromatic nitrogens is 1. The van der Waals surface area contributed by atoms with Crippen molar-refractivity contribution in [1.29, 1.82) is 0 Å². The van der Waals surface area contributed by atoms with E-state index in [2.05, 4.69) is 25.5 Å². The third kappa shape index (κ3) is 7.30. The van der Waals surface area contributed by atoms with Gasteiger partial charge >= 0.3 is 6.18 Å². The van der Waals surface area contributed by atoms with Gasteiger partial charge < -0.3 is 20.3 Å². The molecule has 0 bridgehead atoms. The number of nitrogens with zero attached hydrogens (tertiary/aromatic N) is 3. The van der Waals surface area contributed by atoms with Gasteiger partial charge in [-0.1, -0.05) is 18.2 Å². The maximum Gasteiger partial charge on any atom is 0.434 e. The highest BCUT2D eigenvalue weighted by atomic mass is 127. The topological polar surface area (TPSA) is 61.8 Å². The number of likely N-dealkylation sites (N-methyl/N-ethyl adjacent to an activating group) is 1. The Kier molecular flexibility index (Phi) is 10.1. The number of halogens is 4. The zero-order valence-electron chi connectivity index (χ0n) is 16.6. The molecule has 1 aromatic heterocycles. The average Bonchev–Trinajstić information content (AvgIpc) is 3.14. The SMILES string of the molecule is CN=C(NCc1nc(C(F)(F)F)cs1)NCC(c1ccccc1OC)N(C)C.I. The van der Waals surface area contributed by atoms with Gasteiger partial charge in [0.1, 0.15) is 10.8 Å². The molecule has 0 saturated carbocycles.